The Kier molecular flexibility index (Phi) is 9.84. The average molecular weight is 604 g/mol. The van der Waals surface area contributed by atoms with E-state index in [1.54, 1.807) is 0 Å². The van der Waals surface area contributed by atoms with Crippen molar-refractivity contribution in [3.05, 3.63) is 70.8 Å². The Balaban J connectivity index is 1.44. The second-order valence-electron chi connectivity index (χ2n) is 9.78. The van der Waals surface area contributed by atoms with Crippen LogP contribution in [0.3, 0.4) is 0 Å². The number of halogens is 10. The zero-order valence-corrected chi connectivity index (χ0v) is 21.3. The summed E-state index contributed by atoms with van der Waals surface area (Å²) in [5.74, 6) is -4.60. The first-order valence-corrected chi connectivity index (χ1v) is 12.6. The lowest BCUT2D eigenvalue weighted by Crippen LogP contribution is -2.53. The molecular weight excluding hydrogens is 578 g/mol. The minimum Gasteiger partial charge on any atom is -0.371 e. The van der Waals surface area contributed by atoms with Gasteiger partial charge in [0.1, 0.15) is 0 Å². The predicted octanol–water partition coefficient (Wildman–Crippen LogP) is 5.57. The molecule has 2 saturated heterocycles. The summed E-state index contributed by atoms with van der Waals surface area (Å²) in [5.41, 5.74) is 0.323. The summed E-state index contributed by atoms with van der Waals surface area (Å²) >= 11 is 0. The molecule has 0 N–H and O–H groups in total. The van der Waals surface area contributed by atoms with Crippen molar-refractivity contribution in [3.8, 4) is 0 Å². The second kappa shape index (κ2) is 12.8. The molecule has 2 aromatic carbocycles. The molecule has 0 radical (unpaired) electrons. The number of ether oxygens (including phenoxy) is 3. The second-order valence-corrected chi connectivity index (χ2v) is 9.78. The molecule has 0 bridgehead atoms. The van der Waals surface area contributed by atoms with Crippen molar-refractivity contribution in [2.24, 2.45) is 0 Å². The molecule has 4 atom stereocenters. The highest BCUT2D eigenvalue weighted by Gasteiger charge is 2.50. The molecular formula is C26H26F10N2O3. The first kappa shape index (κ1) is 31.5. The fourth-order valence-corrected chi connectivity index (χ4v) is 4.68. The van der Waals surface area contributed by atoms with Crippen LogP contribution < -0.4 is 0 Å². The molecule has 41 heavy (non-hydrogen) atoms. The van der Waals surface area contributed by atoms with Gasteiger partial charge in [-0.3, -0.25) is 9.80 Å². The van der Waals surface area contributed by atoms with Gasteiger partial charge in [-0.1, -0.05) is 12.1 Å². The molecule has 4 rings (SSSR count). The van der Waals surface area contributed by atoms with Crippen molar-refractivity contribution < 1.29 is 58.1 Å². The van der Waals surface area contributed by atoms with Crippen LogP contribution in [0.2, 0.25) is 0 Å². The van der Waals surface area contributed by atoms with Crippen molar-refractivity contribution in [2.75, 3.05) is 52.5 Å². The van der Waals surface area contributed by atoms with E-state index >= 15 is 0 Å². The number of morpholine rings is 2. The van der Waals surface area contributed by atoms with Crippen LogP contribution >= 0.6 is 0 Å². The minimum absolute atomic E-state index is 0.0633. The zero-order chi connectivity index (χ0) is 29.9. The molecule has 2 aliphatic heterocycles. The molecule has 0 aromatic heterocycles. The molecule has 228 valence electrons. The Labute approximate surface area is 228 Å². The topological polar surface area (TPSA) is 34.2 Å². The summed E-state index contributed by atoms with van der Waals surface area (Å²) in [6.07, 6.45) is -17.9. The van der Waals surface area contributed by atoms with Crippen LogP contribution in [0.1, 0.15) is 23.3 Å². The number of benzene rings is 2. The van der Waals surface area contributed by atoms with Crippen LogP contribution in [-0.4, -0.2) is 86.8 Å². The van der Waals surface area contributed by atoms with Gasteiger partial charge < -0.3 is 14.2 Å². The molecule has 0 saturated carbocycles. The van der Waals surface area contributed by atoms with Gasteiger partial charge >= 0.3 is 12.4 Å². The smallest absolute Gasteiger partial charge is 0.371 e. The van der Waals surface area contributed by atoms with Gasteiger partial charge in [0.2, 0.25) is 0 Å². The number of rotatable bonds is 8. The summed E-state index contributed by atoms with van der Waals surface area (Å²) < 4.78 is 153. The fourth-order valence-electron chi connectivity index (χ4n) is 4.68. The van der Waals surface area contributed by atoms with Crippen LogP contribution in [0.5, 0.6) is 0 Å². The molecule has 5 nitrogen and oxygen atoms in total. The normalized spacial score (nSPS) is 23.0. The number of hydrogen-bond donors (Lipinski definition) is 0. The average Bonchev–Trinajstić information content (AvgIpc) is 2.90. The van der Waals surface area contributed by atoms with Crippen molar-refractivity contribution in [1.29, 1.82) is 0 Å². The van der Waals surface area contributed by atoms with E-state index in [2.05, 4.69) is 0 Å². The van der Waals surface area contributed by atoms with Crippen LogP contribution in [0, 0.1) is 23.3 Å². The van der Waals surface area contributed by atoms with Crippen LogP contribution in [0.4, 0.5) is 43.9 Å². The van der Waals surface area contributed by atoms with Crippen molar-refractivity contribution in [2.45, 2.75) is 36.8 Å². The molecule has 0 aliphatic carbocycles. The third kappa shape index (κ3) is 8.31. The monoisotopic (exact) mass is 604 g/mol. The van der Waals surface area contributed by atoms with Gasteiger partial charge in [0.25, 0.3) is 0 Å². The highest BCUT2D eigenvalue weighted by Crippen LogP contribution is 2.33. The van der Waals surface area contributed by atoms with E-state index in [9.17, 15) is 43.9 Å². The van der Waals surface area contributed by atoms with Crippen LogP contribution in [0.15, 0.2) is 36.4 Å². The minimum atomic E-state index is -5.17. The lowest BCUT2D eigenvalue weighted by molar-refractivity contribution is -0.292. The van der Waals surface area contributed by atoms with E-state index in [1.807, 2.05) is 0 Å². The summed E-state index contributed by atoms with van der Waals surface area (Å²) in [6, 6.07) is 5.78. The Bertz CT molecular complexity index is 1090. The maximum Gasteiger partial charge on any atom is 0.415 e. The number of alkyl halides is 6. The quantitative estimate of drug-likeness (QED) is 0.369. The van der Waals surface area contributed by atoms with E-state index < -0.39 is 73.1 Å². The Morgan fingerprint density at radius 2 is 1.05 bits per heavy atom. The van der Waals surface area contributed by atoms with Crippen molar-refractivity contribution in [3.63, 3.8) is 0 Å². The van der Waals surface area contributed by atoms with E-state index in [-0.39, 0.29) is 50.5 Å². The number of nitrogens with zero attached hydrogens (tertiary/aromatic N) is 2. The maximum atomic E-state index is 13.9. The molecule has 2 aliphatic rings. The first-order valence-electron chi connectivity index (χ1n) is 12.6. The predicted molar refractivity (Wildman–Crippen MR) is 124 cm³/mol. The maximum absolute atomic E-state index is 13.9. The van der Waals surface area contributed by atoms with Crippen LogP contribution in [0.25, 0.3) is 0 Å². The largest absolute Gasteiger partial charge is 0.415 e. The lowest BCUT2D eigenvalue weighted by atomic mass is 10.1. The number of hydrogen-bond acceptors (Lipinski definition) is 5. The van der Waals surface area contributed by atoms with Gasteiger partial charge in [-0.2, -0.15) is 26.3 Å². The van der Waals surface area contributed by atoms with Gasteiger partial charge in [-0.05, 0) is 35.4 Å². The first-order chi connectivity index (χ1) is 19.2. The molecule has 2 fully saturated rings. The molecule has 15 heteroatoms. The van der Waals surface area contributed by atoms with E-state index in [1.165, 1.54) is 21.9 Å². The molecule has 0 spiro atoms. The highest BCUT2D eigenvalue weighted by molar-refractivity contribution is 5.22. The Morgan fingerprint density at radius 3 is 1.39 bits per heavy atom. The highest BCUT2D eigenvalue weighted by atomic mass is 19.4. The van der Waals surface area contributed by atoms with Crippen molar-refractivity contribution in [1.82, 2.24) is 9.80 Å². The SMILES string of the molecule is Fc1ccc(C2CN(C[C@H](O[C@@H](CN3CCOC(c4ccc(F)c(F)c4)C3)C(F)(F)F)C(F)(F)F)CCO2)cc1F. The third-order valence-electron chi connectivity index (χ3n) is 6.84. The third-order valence-corrected chi connectivity index (χ3v) is 6.84. The van der Waals surface area contributed by atoms with Gasteiger partial charge in [-0.25, -0.2) is 17.6 Å². The summed E-state index contributed by atoms with van der Waals surface area (Å²) in [6.45, 7) is -2.70. The zero-order valence-electron chi connectivity index (χ0n) is 21.3. The Morgan fingerprint density at radius 1 is 0.659 bits per heavy atom. The molecule has 2 aromatic rings. The van der Waals surface area contributed by atoms with E-state index in [0.29, 0.717) is 0 Å². The van der Waals surface area contributed by atoms with Crippen LogP contribution in [-0.2, 0) is 14.2 Å². The van der Waals surface area contributed by atoms with Gasteiger partial charge in [0, 0.05) is 39.3 Å². The van der Waals surface area contributed by atoms with E-state index in [0.717, 1.165) is 24.3 Å². The molecule has 2 heterocycles. The summed E-state index contributed by atoms with van der Waals surface area (Å²) in [7, 11) is 0. The van der Waals surface area contributed by atoms with Crippen molar-refractivity contribution >= 4 is 0 Å². The van der Waals surface area contributed by atoms with Gasteiger partial charge in [-0.15, -0.1) is 0 Å². The summed E-state index contributed by atoms with van der Waals surface area (Å²) in [5, 5.41) is 0. The fraction of sp³-hybridized carbons (Fsp3) is 0.538. The standard InChI is InChI=1S/C26H26F10N2O3/c27-17-3-1-15(9-19(17)29)21-11-37(5-7-39-21)13-23(25(31,32)33)41-24(26(34,35)36)14-38-6-8-40-22(12-38)16-2-4-18(28)20(30)10-16/h1-4,9-10,21-24H,5-8,11-14H2/t21?,22?,23-,24-/m0/s1. The van der Waals surface area contributed by atoms with E-state index in [4.69, 9.17) is 14.2 Å². The lowest BCUT2D eigenvalue weighted by Gasteiger charge is -2.38. The molecule has 0 amide bonds. The van der Waals surface area contributed by atoms with Gasteiger partial charge in [0.05, 0.1) is 25.4 Å². The Hall–Kier alpha value is -2.46. The molecule has 2 unspecified atom stereocenters. The summed E-state index contributed by atoms with van der Waals surface area (Å²) in [4.78, 5) is 2.38. The van der Waals surface area contributed by atoms with Gasteiger partial charge in [0.15, 0.2) is 35.5 Å².